The number of carboxylic acids is 1. The average molecular weight is 971 g/mol. The van der Waals surface area contributed by atoms with E-state index in [0.29, 0.717) is 37.9 Å². The van der Waals surface area contributed by atoms with E-state index in [-0.39, 0.29) is 94.7 Å². The molecule has 3 rings (SSSR count). The smallest absolute Gasteiger partial charge is 0.306 e. The number of hydrogen-bond donors (Lipinski definition) is 8. The first-order valence-electron chi connectivity index (χ1n) is 24.4. The lowest BCUT2D eigenvalue weighted by molar-refractivity contribution is -0.145. The topological polar surface area (TPSA) is 334 Å². The molecule has 0 aromatic carbocycles. The molecule has 21 heteroatoms. The predicted molar refractivity (Wildman–Crippen MR) is 249 cm³/mol. The van der Waals surface area contributed by atoms with Crippen LogP contribution in [-0.4, -0.2) is 139 Å². The second-order valence-corrected chi connectivity index (χ2v) is 19.0. The molecule has 1 aromatic heterocycles. The summed E-state index contributed by atoms with van der Waals surface area (Å²) in [7, 11) is 0. The summed E-state index contributed by atoms with van der Waals surface area (Å²) in [6.45, 7) is 7.26. The van der Waals surface area contributed by atoms with Crippen LogP contribution in [0.15, 0.2) is 12.5 Å². The molecule has 0 radical (unpaired) electrons. The largest absolute Gasteiger partial charge is 0.481 e. The first kappa shape index (κ1) is 57.6. The predicted octanol–water partition coefficient (Wildman–Crippen LogP) is 1.17. The molecule has 0 unspecified atom stereocenters. The van der Waals surface area contributed by atoms with Gasteiger partial charge in [-0.05, 0) is 51.4 Å². The van der Waals surface area contributed by atoms with Crippen LogP contribution in [0.25, 0.3) is 0 Å². The van der Waals surface area contributed by atoms with Crippen LogP contribution in [0.2, 0.25) is 0 Å². The zero-order valence-electron chi connectivity index (χ0n) is 40.6. The Morgan fingerprint density at radius 3 is 2.20 bits per heavy atom. The fourth-order valence-corrected chi connectivity index (χ4v) is 8.81. The maximum absolute atomic E-state index is 13.7. The number of carbonyl (C=O) groups excluding carboxylic acids is 10. The SMILES string of the molecule is CCCCC[C@H](CC(=O)[C@@H]1CCCN1C(=O)CCC(=O)[C@H](C)NC(=O)[C@@H](CC(=O)CNC(=O)[C@@H](CC(=O)[C@H](CCC(N)=O)NC(=O)CCC(=O)[C@@H]1C[C@@H](O)CN1)Cc1cnc[nH]1)CC(C)C)C(=O)O. The van der Waals surface area contributed by atoms with E-state index in [0.717, 1.165) is 12.8 Å². The number of hydrogen-bond acceptors (Lipinski definition) is 14. The molecule has 2 aliphatic heterocycles. The van der Waals surface area contributed by atoms with Gasteiger partial charge < -0.3 is 47.1 Å². The molecule has 3 heterocycles. The van der Waals surface area contributed by atoms with Crippen LogP contribution >= 0.6 is 0 Å². The first-order chi connectivity index (χ1) is 32.7. The van der Waals surface area contributed by atoms with Gasteiger partial charge in [0.2, 0.25) is 29.5 Å². The number of aliphatic carboxylic acids is 1. The summed E-state index contributed by atoms with van der Waals surface area (Å²) >= 11 is 0. The lowest BCUT2D eigenvalue weighted by Gasteiger charge is -2.25. The number of aromatic amines is 1. The molecule has 2 saturated heterocycles. The van der Waals surface area contributed by atoms with Gasteiger partial charge in [0.25, 0.3) is 0 Å². The fourth-order valence-electron chi connectivity index (χ4n) is 8.81. The monoisotopic (exact) mass is 971 g/mol. The van der Waals surface area contributed by atoms with Gasteiger partial charge in [-0.3, -0.25) is 52.7 Å². The van der Waals surface area contributed by atoms with Crippen molar-refractivity contribution in [2.24, 2.45) is 29.4 Å². The average Bonchev–Trinajstić information content (AvgIpc) is 4.10. The summed E-state index contributed by atoms with van der Waals surface area (Å²) in [5.74, 6) is -9.02. The molecule has 1 aromatic rings. The van der Waals surface area contributed by atoms with Crippen LogP contribution in [-0.2, 0) is 59.2 Å². The van der Waals surface area contributed by atoms with Gasteiger partial charge in [0.1, 0.15) is 5.78 Å². The second kappa shape index (κ2) is 29.4. The third-order valence-electron chi connectivity index (χ3n) is 12.7. The number of β-amino-alcohol motifs (C(OH)–C–C–N with tert-alkyl or cyclic N) is 1. The Labute approximate surface area is 403 Å². The zero-order chi connectivity index (χ0) is 51.2. The number of imidazole rings is 1. The molecular formula is C48H74N8O13. The van der Waals surface area contributed by atoms with E-state index in [1.807, 2.05) is 20.8 Å². The highest BCUT2D eigenvalue weighted by Gasteiger charge is 2.37. The van der Waals surface area contributed by atoms with Crippen molar-refractivity contribution in [2.75, 3.05) is 19.6 Å². The van der Waals surface area contributed by atoms with Crippen LogP contribution in [0.4, 0.5) is 0 Å². The number of nitrogens with two attached hydrogens (primary N) is 1. The van der Waals surface area contributed by atoms with Crippen molar-refractivity contribution in [3.05, 3.63) is 18.2 Å². The Morgan fingerprint density at radius 1 is 0.841 bits per heavy atom. The number of likely N-dealkylation sites (tertiary alicyclic amines) is 1. The minimum atomic E-state index is -1.23. The maximum atomic E-state index is 13.7. The number of aliphatic hydroxyl groups is 1. The van der Waals surface area contributed by atoms with E-state index < -0.39 is 114 Å². The maximum Gasteiger partial charge on any atom is 0.306 e. The number of aromatic nitrogens is 2. The van der Waals surface area contributed by atoms with Crippen molar-refractivity contribution in [3.8, 4) is 0 Å². The highest BCUT2D eigenvalue weighted by Crippen LogP contribution is 2.25. The van der Waals surface area contributed by atoms with Crippen molar-refractivity contribution in [1.82, 2.24) is 36.1 Å². The van der Waals surface area contributed by atoms with Crippen LogP contribution in [0.1, 0.15) is 143 Å². The molecule has 21 nitrogen and oxygen atoms in total. The molecule has 0 aliphatic carbocycles. The van der Waals surface area contributed by atoms with E-state index >= 15 is 0 Å². The van der Waals surface area contributed by atoms with Crippen LogP contribution in [0.3, 0.4) is 0 Å². The van der Waals surface area contributed by atoms with Crippen molar-refractivity contribution in [2.45, 2.75) is 174 Å². The Bertz CT molecular complexity index is 1960. The molecule has 5 amide bonds. The molecule has 0 spiro atoms. The first-order valence-corrected chi connectivity index (χ1v) is 24.4. The van der Waals surface area contributed by atoms with Gasteiger partial charge >= 0.3 is 5.97 Å². The summed E-state index contributed by atoms with van der Waals surface area (Å²) in [4.78, 5) is 151. The number of amides is 5. The Morgan fingerprint density at radius 2 is 1.58 bits per heavy atom. The van der Waals surface area contributed by atoms with Crippen molar-refractivity contribution < 1.29 is 63.0 Å². The molecule has 0 saturated carbocycles. The number of ketones is 5. The van der Waals surface area contributed by atoms with E-state index in [4.69, 9.17) is 5.73 Å². The molecule has 2 aliphatic rings. The van der Waals surface area contributed by atoms with Gasteiger partial charge in [-0.1, -0.05) is 40.0 Å². The van der Waals surface area contributed by atoms with Gasteiger partial charge in [-0.25, -0.2) is 4.98 Å². The standard InChI is InChI=1S/C48H74N8O13/c1-5-6-7-9-30(48(68)69)21-42(62)38-10-8-17-56(38)45(65)16-13-39(59)29(4)54-47(67)31(18-28(2)3)20-34(57)26-52-46(66)32(19-33-24-50-27-53-33)22-41(61)36(11-14-43(49)63)55-44(64)15-12-40(60)37-23-35(58)25-51-37/h24,27-32,35-38,51,58H,5-23,25-26H2,1-4H3,(H2,49,63)(H,50,53)(H,52,66)(H,54,67)(H,55,64)(H,68,69)/t29-,30+,31+,32+,35+,36-,37-,38-/m0/s1. The number of primary amides is 1. The third kappa shape index (κ3) is 20.4. The van der Waals surface area contributed by atoms with E-state index in [1.165, 1.54) is 24.3 Å². The summed E-state index contributed by atoms with van der Waals surface area (Å²) in [5.41, 5.74) is 5.83. The number of unbranched alkanes of at least 4 members (excludes halogenated alkanes) is 2. The van der Waals surface area contributed by atoms with Gasteiger partial charge in [-0.15, -0.1) is 0 Å². The van der Waals surface area contributed by atoms with Gasteiger partial charge in [-0.2, -0.15) is 0 Å². The highest BCUT2D eigenvalue weighted by atomic mass is 16.4. The van der Waals surface area contributed by atoms with Gasteiger partial charge in [0, 0.05) is 88.7 Å². The summed E-state index contributed by atoms with van der Waals surface area (Å²) in [5, 5.41) is 30.1. The fraction of sp³-hybridized carbons (Fsp3) is 0.708. The van der Waals surface area contributed by atoms with Crippen molar-refractivity contribution in [3.63, 3.8) is 0 Å². The molecule has 8 atom stereocenters. The third-order valence-corrected chi connectivity index (χ3v) is 12.7. The Kier molecular flexibility index (Phi) is 24.5. The molecule has 2 fully saturated rings. The Balaban J connectivity index is 1.57. The lowest BCUT2D eigenvalue weighted by Crippen LogP contribution is -2.45. The summed E-state index contributed by atoms with van der Waals surface area (Å²) in [6.07, 6.45) is 4.29. The van der Waals surface area contributed by atoms with Crippen molar-refractivity contribution in [1.29, 1.82) is 0 Å². The normalized spacial score (nSPS) is 18.9. The number of carboxylic acid groups (broad SMARTS) is 1. The molecular weight excluding hydrogens is 897 g/mol. The van der Waals surface area contributed by atoms with E-state index in [1.54, 1.807) is 0 Å². The van der Waals surface area contributed by atoms with Crippen LogP contribution in [0, 0.1) is 23.7 Å². The number of nitrogens with zero attached hydrogens (tertiary/aromatic N) is 2. The van der Waals surface area contributed by atoms with E-state index in [2.05, 4.69) is 31.2 Å². The second-order valence-electron chi connectivity index (χ2n) is 19.0. The molecule has 0 bridgehead atoms. The zero-order valence-corrected chi connectivity index (χ0v) is 40.6. The number of H-pyrrole nitrogens is 1. The summed E-state index contributed by atoms with van der Waals surface area (Å²) < 4.78 is 0. The number of Topliss-reactive ketones (excluding diaryl/α,β-unsaturated/α-hetero) is 5. The molecule has 9 N–H and O–H groups in total. The number of rotatable bonds is 34. The number of aliphatic hydroxyl groups excluding tert-OH is 1. The minimum absolute atomic E-state index is 0.0178. The number of nitrogens with one attached hydrogen (secondary N) is 5. The number of carbonyl (C=O) groups is 11. The molecule has 69 heavy (non-hydrogen) atoms. The van der Waals surface area contributed by atoms with E-state index in [9.17, 15) is 63.0 Å². The highest BCUT2D eigenvalue weighted by molar-refractivity contribution is 5.97. The van der Waals surface area contributed by atoms with Gasteiger partial charge in [0.05, 0.1) is 55.0 Å². The quantitative estimate of drug-likeness (QED) is 0.0450. The van der Waals surface area contributed by atoms with Gasteiger partial charge in [0.15, 0.2) is 23.1 Å². The van der Waals surface area contributed by atoms with Crippen LogP contribution in [0.5, 0.6) is 0 Å². The lowest BCUT2D eigenvalue weighted by atomic mass is 9.90. The van der Waals surface area contributed by atoms with Crippen molar-refractivity contribution >= 4 is 64.4 Å². The summed E-state index contributed by atoms with van der Waals surface area (Å²) in [6, 6.07) is -3.59. The van der Waals surface area contributed by atoms with Crippen LogP contribution < -0.4 is 27.0 Å². The molecule has 384 valence electrons. The Hall–Kier alpha value is -5.70. The minimum Gasteiger partial charge on any atom is -0.481 e.